The zero-order valence-corrected chi connectivity index (χ0v) is 12.5. The maximum Gasteiger partial charge on any atom is 0.323 e. The van der Waals surface area contributed by atoms with Gasteiger partial charge in [0.1, 0.15) is 11.5 Å². The van der Waals surface area contributed by atoms with Gasteiger partial charge in [0.2, 0.25) is 0 Å². The molecule has 6 nitrogen and oxygen atoms in total. The topological polar surface area (TPSA) is 88.3 Å². The Hall–Kier alpha value is -2.89. The quantitative estimate of drug-likeness (QED) is 0.906. The van der Waals surface area contributed by atoms with Crippen LogP contribution in [0.5, 0.6) is 0 Å². The third kappa shape index (κ3) is 4.05. The minimum absolute atomic E-state index is 0.110. The molecule has 0 spiro atoms. The highest BCUT2D eigenvalue weighted by molar-refractivity contribution is 5.92. The number of hydrogen-bond acceptors (Lipinski definition) is 3. The van der Waals surface area contributed by atoms with Gasteiger partial charge in [0, 0.05) is 13.6 Å². The van der Waals surface area contributed by atoms with Gasteiger partial charge in [-0.3, -0.25) is 10.1 Å². The molecule has 0 aliphatic rings. The van der Waals surface area contributed by atoms with Crippen molar-refractivity contribution in [3.63, 3.8) is 0 Å². The lowest BCUT2D eigenvalue weighted by atomic mass is 10.1. The van der Waals surface area contributed by atoms with E-state index in [0.717, 1.165) is 5.56 Å². The molecule has 0 saturated heterocycles. The lowest BCUT2D eigenvalue weighted by molar-refractivity contribution is 0.0995. The molecule has 0 saturated carbocycles. The van der Waals surface area contributed by atoms with Crippen molar-refractivity contribution in [2.24, 2.45) is 5.73 Å². The summed E-state index contributed by atoms with van der Waals surface area (Å²) in [7, 11) is 1.69. The molecule has 6 heteroatoms. The second-order valence-electron chi connectivity index (χ2n) is 5.04. The average molecular weight is 298 g/mol. The first-order valence-corrected chi connectivity index (χ1v) is 6.80. The fraction of sp³-hybridized carbons (Fsp3) is 0.188. The molecule has 1 heterocycles. The van der Waals surface area contributed by atoms with E-state index < -0.39 is 5.91 Å². The van der Waals surface area contributed by atoms with E-state index in [1.165, 1.54) is 16.5 Å². The van der Waals surface area contributed by atoms with Gasteiger partial charge in [-0.1, -0.05) is 35.9 Å². The summed E-state index contributed by atoms with van der Waals surface area (Å²) in [5, 5.41) is 2.64. The molecular weight excluding hydrogens is 280 g/mol. The molecule has 0 bridgehead atoms. The van der Waals surface area contributed by atoms with Gasteiger partial charge in [0.15, 0.2) is 0 Å². The second kappa shape index (κ2) is 6.71. The predicted octanol–water partition coefficient (Wildman–Crippen LogP) is 2.15. The number of primary amides is 1. The van der Waals surface area contributed by atoms with E-state index in [9.17, 15) is 9.59 Å². The van der Waals surface area contributed by atoms with Crippen LogP contribution in [0.25, 0.3) is 0 Å². The number of nitrogens with zero attached hydrogens (tertiary/aromatic N) is 2. The molecule has 2 rings (SSSR count). The summed E-state index contributed by atoms with van der Waals surface area (Å²) in [6.07, 6.45) is 0. The molecule has 0 atom stereocenters. The summed E-state index contributed by atoms with van der Waals surface area (Å²) in [4.78, 5) is 28.7. The van der Waals surface area contributed by atoms with E-state index in [-0.39, 0.29) is 17.5 Å². The minimum Gasteiger partial charge on any atom is -0.364 e. The SMILES string of the molecule is Cc1ccc(CN(C)C(=O)Nc2cccc(C(N)=O)n2)cc1. The van der Waals surface area contributed by atoms with E-state index in [2.05, 4.69) is 10.3 Å². The van der Waals surface area contributed by atoms with Gasteiger partial charge in [-0.15, -0.1) is 0 Å². The van der Waals surface area contributed by atoms with Gasteiger partial charge in [0.25, 0.3) is 5.91 Å². The van der Waals surface area contributed by atoms with Gasteiger partial charge in [-0.25, -0.2) is 9.78 Å². The van der Waals surface area contributed by atoms with Gasteiger partial charge in [0.05, 0.1) is 0 Å². The van der Waals surface area contributed by atoms with Crippen molar-refractivity contribution >= 4 is 17.8 Å². The number of nitrogens with one attached hydrogen (secondary N) is 1. The Bertz CT molecular complexity index is 683. The summed E-state index contributed by atoms with van der Waals surface area (Å²) < 4.78 is 0. The molecule has 0 radical (unpaired) electrons. The highest BCUT2D eigenvalue weighted by atomic mass is 16.2. The molecule has 22 heavy (non-hydrogen) atoms. The van der Waals surface area contributed by atoms with Crippen molar-refractivity contribution in [1.82, 2.24) is 9.88 Å². The zero-order valence-electron chi connectivity index (χ0n) is 12.5. The van der Waals surface area contributed by atoms with E-state index in [1.807, 2.05) is 31.2 Å². The van der Waals surface area contributed by atoms with Crippen LogP contribution in [-0.2, 0) is 6.54 Å². The highest BCUT2D eigenvalue weighted by Crippen LogP contribution is 2.09. The molecule has 0 aliphatic heterocycles. The number of carbonyl (C=O) groups excluding carboxylic acids is 2. The summed E-state index contributed by atoms with van der Waals surface area (Å²) in [5.74, 6) is -0.346. The van der Waals surface area contributed by atoms with Crippen LogP contribution >= 0.6 is 0 Å². The Balaban J connectivity index is 2.00. The van der Waals surface area contributed by atoms with Gasteiger partial charge < -0.3 is 10.6 Å². The van der Waals surface area contributed by atoms with Crippen molar-refractivity contribution in [2.45, 2.75) is 13.5 Å². The molecule has 3 amide bonds. The number of aryl methyl sites for hydroxylation is 1. The van der Waals surface area contributed by atoms with Crippen LogP contribution in [0.15, 0.2) is 42.5 Å². The van der Waals surface area contributed by atoms with E-state index in [1.54, 1.807) is 19.2 Å². The number of benzene rings is 1. The van der Waals surface area contributed by atoms with Crippen LogP contribution in [0.4, 0.5) is 10.6 Å². The lowest BCUT2D eigenvalue weighted by Gasteiger charge is -2.18. The highest BCUT2D eigenvalue weighted by Gasteiger charge is 2.11. The van der Waals surface area contributed by atoms with Crippen LogP contribution in [0.3, 0.4) is 0 Å². The average Bonchev–Trinajstić information content (AvgIpc) is 2.49. The second-order valence-corrected chi connectivity index (χ2v) is 5.04. The van der Waals surface area contributed by atoms with Crippen molar-refractivity contribution < 1.29 is 9.59 Å². The summed E-state index contributed by atoms with van der Waals surface area (Å²) in [6, 6.07) is 12.4. The van der Waals surface area contributed by atoms with Crippen molar-refractivity contribution in [1.29, 1.82) is 0 Å². The maximum absolute atomic E-state index is 12.1. The first kappa shape index (κ1) is 15.5. The minimum atomic E-state index is -0.635. The molecule has 1 aromatic carbocycles. The maximum atomic E-state index is 12.1. The smallest absolute Gasteiger partial charge is 0.323 e. The fourth-order valence-corrected chi connectivity index (χ4v) is 1.89. The Kier molecular flexibility index (Phi) is 4.73. The van der Waals surface area contributed by atoms with Gasteiger partial charge in [-0.2, -0.15) is 0 Å². The third-order valence-corrected chi connectivity index (χ3v) is 3.12. The van der Waals surface area contributed by atoms with Crippen LogP contribution in [0, 0.1) is 6.92 Å². The monoisotopic (exact) mass is 298 g/mol. The van der Waals surface area contributed by atoms with Gasteiger partial charge >= 0.3 is 6.03 Å². The third-order valence-electron chi connectivity index (χ3n) is 3.12. The number of hydrogen-bond donors (Lipinski definition) is 2. The van der Waals surface area contributed by atoms with Crippen LogP contribution in [0.1, 0.15) is 21.6 Å². The Morgan fingerprint density at radius 1 is 1.18 bits per heavy atom. The number of pyridine rings is 1. The van der Waals surface area contributed by atoms with Gasteiger partial charge in [-0.05, 0) is 24.6 Å². The van der Waals surface area contributed by atoms with Crippen molar-refractivity contribution in [2.75, 3.05) is 12.4 Å². The molecular formula is C16H18N4O2. The standard InChI is InChI=1S/C16H18N4O2/c1-11-6-8-12(9-7-11)10-20(2)16(22)19-14-5-3-4-13(18-14)15(17)21/h3-9H,10H2,1-2H3,(H2,17,21)(H,18,19,22). The number of anilines is 1. The molecule has 3 N–H and O–H groups in total. The van der Waals surface area contributed by atoms with Crippen molar-refractivity contribution in [3.05, 3.63) is 59.3 Å². The number of carbonyl (C=O) groups is 2. The molecule has 0 aliphatic carbocycles. The zero-order chi connectivity index (χ0) is 16.1. The molecule has 1 aromatic heterocycles. The lowest BCUT2D eigenvalue weighted by Crippen LogP contribution is -2.31. The summed E-state index contributed by atoms with van der Waals surface area (Å²) in [5.41, 5.74) is 7.47. The molecule has 0 unspecified atom stereocenters. The number of amides is 3. The Labute approximate surface area is 129 Å². The summed E-state index contributed by atoms with van der Waals surface area (Å²) in [6.45, 7) is 2.49. The molecule has 114 valence electrons. The largest absolute Gasteiger partial charge is 0.364 e. The predicted molar refractivity (Wildman–Crippen MR) is 84.4 cm³/mol. The van der Waals surface area contributed by atoms with Crippen LogP contribution in [-0.4, -0.2) is 28.9 Å². The van der Waals surface area contributed by atoms with E-state index in [4.69, 9.17) is 5.73 Å². The van der Waals surface area contributed by atoms with Crippen LogP contribution < -0.4 is 11.1 Å². The first-order valence-electron chi connectivity index (χ1n) is 6.80. The van der Waals surface area contributed by atoms with E-state index in [0.29, 0.717) is 6.54 Å². The fourth-order valence-electron chi connectivity index (χ4n) is 1.89. The number of urea groups is 1. The Morgan fingerprint density at radius 3 is 2.50 bits per heavy atom. The normalized spacial score (nSPS) is 10.1. The number of aromatic nitrogens is 1. The van der Waals surface area contributed by atoms with Crippen molar-refractivity contribution in [3.8, 4) is 0 Å². The molecule has 0 fully saturated rings. The summed E-state index contributed by atoms with van der Waals surface area (Å²) >= 11 is 0. The Morgan fingerprint density at radius 2 is 1.86 bits per heavy atom. The number of rotatable bonds is 4. The first-order chi connectivity index (χ1) is 10.5. The number of nitrogens with two attached hydrogens (primary N) is 1. The van der Waals surface area contributed by atoms with Crippen LogP contribution in [0.2, 0.25) is 0 Å². The van der Waals surface area contributed by atoms with E-state index >= 15 is 0 Å². The molecule has 2 aromatic rings.